The smallest absolute Gasteiger partial charge is 0.483 e. The van der Waals surface area contributed by atoms with Gasteiger partial charge in [0.2, 0.25) is 5.75 Å². The second-order valence-electron chi connectivity index (χ2n) is 3.45. The summed E-state index contributed by atoms with van der Waals surface area (Å²) in [6, 6.07) is 2.25. The van der Waals surface area contributed by atoms with Crippen LogP contribution in [0.3, 0.4) is 0 Å². The molecule has 1 rings (SSSR count). The predicted octanol–water partition coefficient (Wildman–Crippen LogP) is 0.674. The van der Waals surface area contributed by atoms with Gasteiger partial charge in [0.1, 0.15) is 5.75 Å². The first-order valence-electron chi connectivity index (χ1n) is 5.27. The van der Waals surface area contributed by atoms with Crippen LogP contribution in [0.25, 0.3) is 0 Å². The molecule has 0 bridgehead atoms. The van der Waals surface area contributed by atoms with Crippen molar-refractivity contribution in [3.05, 3.63) is 12.1 Å². The van der Waals surface area contributed by atoms with Crippen molar-refractivity contribution in [2.24, 2.45) is 5.84 Å². The quantitative estimate of drug-likeness (QED) is 0.455. The van der Waals surface area contributed by atoms with Crippen LogP contribution in [0.4, 0.5) is 8.78 Å². The molecule has 3 N–H and O–H groups in total. The van der Waals surface area contributed by atoms with Gasteiger partial charge in [-0.25, -0.2) is 5.84 Å². The van der Waals surface area contributed by atoms with Crippen molar-refractivity contribution in [1.82, 2.24) is 5.43 Å². The fourth-order valence-corrected chi connectivity index (χ4v) is 1.39. The highest BCUT2D eigenvalue weighted by Gasteiger charge is 2.42. The molecule has 0 aromatic heterocycles. The van der Waals surface area contributed by atoms with Gasteiger partial charge in [-0.1, -0.05) is 0 Å². The summed E-state index contributed by atoms with van der Waals surface area (Å²) in [5.74, 6) is 2.91. The van der Waals surface area contributed by atoms with E-state index in [1.165, 1.54) is 26.8 Å². The standard InChI is InChI=1S/C11H14F2N2O5/c1-17-7-4-6(5-8(18-2)9(7)19-3)20-11(12,13)10(16)15-14/h4-5H,14H2,1-3H3,(H,15,16). The summed E-state index contributed by atoms with van der Waals surface area (Å²) in [6.45, 7) is 0. The third kappa shape index (κ3) is 3.18. The van der Waals surface area contributed by atoms with Gasteiger partial charge in [0.15, 0.2) is 11.5 Å². The van der Waals surface area contributed by atoms with Crippen LogP contribution in [0.5, 0.6) is 23.0 Å². The summed E-state index contributed by atoms with van der Waals surface area (Å²) in [5, 5.41) is 0. The van der Waals surface area contributed by atoms with Crippen molar-refractivity contribution in [3.63, 3.8) is 0 Å². The largest absolute Gasteiger partial charge is 0.493 e. The first-order chi connectivity index (χ1) is 9.39. The molecule has 0 unspecified atom stereocenters. The average Bonchev–Trinajstić information content (AvgIpc) is 2.44. The number of alkyl halides is 2. The highest BCUT2D eigenvalue weighted by atomic mass is 19.3. The molecule has 0 aliphatic rings. The molecule has 1 aromatic carbocycles. The molecule has 9 heteroatoms. The summed E-state index contributed by atoms with van der Waals surface area (Å²) in [6.07, 6.45) is -4.14. The van der Waals surface area contributed by atoms with E-state index in [0.29, 0.717) is 0 Å². The normalized spacial score (nSPS) is 10.7. The van der Waals surface area contributed by atoms with E-state index in [1.807, 2.05) is 0 Å². The Bertz CT molecular complexity index is 471. The number of hydrogen-bond donors (Lipinski definition) is 2. The lowest BCUT2D eigenvalue weighted by Gasteiger charge is -2.18. The maximum atomic E-state index is 13.3. The van der Waals surface area contributed by atoms with E-state index in [4.69, 9.17) is 14.2 Å². The van der Waals surface area contributed by atoms with Gasteiger partial charge in [0.05, 0.1) is 21.3 Å². The monoisotopic (exact) mass is 292 g/mol. The number of halogens is 2. The van der Waals surface area contributed by atoms with Crippen LogP contribution in [0, 0.1) is 0 Å². The number of rotatable bonds is 6. The van der Waals surface area contributed by atoms with Gasteiger partial charge in [0, 0.05) is 12.1 Å². The number of carbonyl (C=O) groups excluding carboxylic acids is 1. The summed E-state index contributed by atoms with van der Waals surface area (Å²) < 4.78 is 45.9. The molecule has 0 atom stereocenters. The molecule has 0 fully saturated rings. The Morgan fingerprint density at radius 3 is 2.00 bits per heavy atom. The fourth-order valence-electron chi connectivity index (χ4n) is 1.39. The van der Waals surface area contributed by atoms with Crippen molar-refractivity contribution in [2.45, 2.75) is 6.11 Å². The minimum atomic E-state index is -4.14. The lowest BCUT2D eigenvalue weighted by Crippen LogP contribution is -2.47. The zero-order chi connectivity index (χ0) is 15.3. The Morgan fingerprint density at radius 2 is 1.65 bits per heavy atom. The fraction of sp³-hybridized carbons (Fsp3) is 0.364. The number of hydrogen-bond acceptors (Lipinski definition) is 6. The Hall–Kier alpha value is -2.29. The van der Waals surface area contributed by atoms with Gasteiger partial charge in [-0.15, -0.1) is 0 Å². The van der Waals surface area contributed by atoms with E-state index in [-0.39, 0.29) is 23.0 Å². The van der Waals surface area contributed by atoms with E-state index >= 15 is 0 Å². The van der Waals surface area contributed by atoms with Gasteiger partial charge < -0.3 is 18.9 Å². The number of ether oxygens (including phenoxy) is 4. The number of nitrogens with one attached hydrogen (secondary N) is 1. The molecular formula is C11H14F2N2O5. The summed E-state index contributed by atoms with van der Waals surface area (Å²) in [5.41, 5.74) is 1.30. The van der Waals surface area contributed by atoms with Crippen LogP contribution in [0.1, 0.15) is 0 Å². The van der Waals surface area contributed by atoms with Crippen LogP contribution in [-0.4, -0.2) is 33.3 Å². The van der Waals surface area contributed by atoms with Crippen molar-refractivity contribution in [1.29, 1.82) is 0 Å². The van der Waals surface area contributed by atoms with E-state index in [9.17, 15) is 13.6 Å². The third-order valence-corrected chi connectivity index (χ3v) is 2.28. The zero-order valence-corrected chi connectivity index (χ0v) is 11.0. The van der Waals surface area contributed by atoms with Gasteiger partial charge in [-0.2, -0.15) is 8.78 Å². The topological polar surface area (TPSA) is 92.0 Å². The first kappa shape index (κ1) is 15.8. The molecular weight excluding hydrogens is 278 g/mol. The molecule has 112 valence electrons. The lowest BCUT2D eigenvalue weighted by molar-refractivity contribution is -0.192. The van der Waals surface area contributed by atoms with E-state index in [0.717, 1.165) is 12.1 Å². The molecule has 1 aromatic rings. The molecule has 0 aliphatic heterocycles. The minimum Gasteiger partial charge on any atom is -0.493 e. The molecule has 0 heterocycles. The molecule has 0 saturated heterocycles. The maximum absolute atomic E-state index is 13.3. The van der Waals surface area contributed by atoms with Gasteiger partial charge in [-0.05, 0) is 0 Å². The highest BCUT2D eigenvalue weighted by Crippen LogP contribution is 2.41. The number of nitrogens with two attached hydrogens (primary N) is 1. The van der Waals surface area contributed by atoms with E-state index in [1.54, 1.807) is 0 Å². The second kappa shape index (κ2) is 6.24. The van der Waals surface area contributed by atoms with Crippen LogP contribution < -0.4 is 30.2 Å². The first-order valence-corrected chi connectivity index (χ1v) is 5.27. The SMILES string of the molecule is COc1cc(OC(F)(F)C(=O)NN)cc(OC)c1OC. The van der Waals surface area contributed by atoms with Crippen molar-refractivity contribution < 1.29 is 32.5 Å². The van der Waals surface area contributed by atoms with Gasteiger partial charge in [0.25, 0.3) is 0 Å². The Morgan fingerprint density at radius 1 is 1.15 bits per heavy atom. The number of benzene rings is 1. The van der Waals surface area contributed by atoms with Crippen molar-refractivity contribution in [2.75, 3.05) is 21.3 Å². The predicted molar refractivity (Wildman–Crippen MR) is 64.0 cm³/mol. The van der Waals surface area contributed by atoms with Crippen molar-refractivity contribution in [3.8, 4) is 23.0 Å². The summed E-state index contributed by atoms with van der Waals surface area (Å²) in [4.78, 5) is 10.9. The Labute approximate surface area is 113 Å². The minimum absolute atomic E-state index is 0.103. The maximum Gasteiger partial charge on any atom is 0.483 e. The number of methoxy groups -OCH3 is 3. The van der Waals surface area contributed by atoms with Crippen molar-refractivity contribution >= 4 is 5.91 Å². The second-order valence-corrected chi connectivity index (χ2v) is 3.45. The van der Waals surface area contributed by atoms with Gasteiger partial charge >= 0.3 is 12.0 Å². The Balaban J connectivity index is 3.17. The zero-order valence-electron chi connectivity index (χ0n) is 11.0. The molecule has 0 aliphatic carbocycles. The highest BCUT2D eigenvalue weighted by molar-refractivity contribution is 5.81. The summed E-state index contributed by atoms with van der Waals surface area (Å²) >= 11 is 0. The summed E-state index contributed by atoms with van der Waals surface area (Å²) in [7, 11) is 3.98. The number of hydrazine groups is 1. The molecule has 20 heavy (non-hydrogen) atoms. The average molecular weight is 292 g/mol. The molecule has 0 spiro atoms. The molecule has 7 nitrogen and oxygen atoms in total. The third-order valence-electron chi connectivity index (χ3n) is 2.28. The van der Waals surface area contributed by atoms with Gasteiger partial charge in [-0.3, -0.25) is 10.2 Å². The van der Waals surface area contributed by atoms with Crippen LogP contribution >= 0.6 is 0 Å². The Kier molecular flexibility index (Phi) is 4.92. The van der Waals surface area contributed by atoms with E-state index < -0.39 is 12.0 Å². The molecule has 1 amide bonds. The molecule has 0 radical (unpaired) electrons. The number of carbonyl (C=O) groups is 1. The van der Waals surface area contributed by atoms with E-state index in [2.05, 4.69) is 10.6 Å². The number of amides is 1. The lowest BCUT2D eigenvalue weighted by atomic mass is 10.2. The molecule has 0 saturated carbocycles. The van der Waals surface area contributed by atoms with Crippen LogP contribution in [-0.2, 0) is 4.79 Å². The van der Waals surface area contributed by atoms with Crippen LogP contribution in [0.2, 0.25) is 0 Å². The van der Waals surface area contributed by atoms with Crippen LogP contribution in [0.15, 0.2) is 12.1 Å².